The number of hydrogen-bond acceptors (Lipinski definition) is 2. The van der Waals surface area contributed by atoms with Crippen molar-refractivity contribution in [2.75, 3.05) is 0 Å². The summed E-state index contributed by atoms with van der Waals surface area (Å²) in [4.78, 5) is 4.78. The lowest BCUT2D eigenvalue weighted by Gasteiger charge is -2.11. The van der Waals surface area contributed by atoms with E-state index in [0.29, 0.717) is 16.9 Å². The van der Waals surface area contributed by atoms with Gasteiger partial charge >= 0.3 is 0 Å². The van der Waals surface area contributed by atoms with Crippen LogP contribution in [0, 0.1) is 13.8 Å². The normalized spacial score (nSPS) is 11.5. The average Bonchev–Trinajstić information content (AvgIpc) is 2.74. The Kier molecular flexibility index (Phi) is 3.46. The van der Waals surface area contributed by atoms with Gasteiger partial charge in [0.15, 0.2) is 5.82 Å². The second-order valence-electron chi connectivity index (χ2n) is 5.75. The summed E-state index contributed by atoms with van der Waals surface area (Å²) in [7, 11) is 0. The number of halogens is 1. The number of rotatable bonds is 2. The smallest absolute Gasteiger partial charge is 0.180 e. The van der Waals surface area contributed by atoms with Crippen LogP contribution in [0.4, 0.5) is 0 Å². The Balaban J connectivity index is 2.30. The molecule has 2 heterocycles. The highest BCUT2D eigenvalue weighted by molar-refractivity contribution is 6.30. The van der Waals surface area contributed by atoms with Gasteiger partial charge in [-0.15, -0.1) is 5.10 Å². The molecule has 21 heavy (non-hydrogen) atoms. The number of hydrogen-bond donors (Lipinski definition) is 0. The van der Waals surface area contributed by atoms with Crippen molar-refractivity contribution in [2.24, 2.45) is 0 Å². The van der Waals surface area contributed by atoms with E-state index in [1.807, 2.05) is 25.1 Å². The molecule has 1 aromatic carbocycles. The summed E-state index contributed by atoms with van der Waals surface area (Å²) in [6.45, 7) is 8.39. The van der Waals surface area contributed by atoms with Crippen molar-refractivity contribution in [3.05, 3.63) is 52.3 Å². The van der Waals surface area contributed by atoms with Crippen LogP contribution in [0.5, 0.6) is 0 Å². The summed E-state index contributed by atoms with van der Waals surface area (Å²) in [6, 6.07) is 10.2. The Morgan fingerprint density at radius 1 is 1.10 bits per heavy atom. The summed E-state index contributed by atoms with van der Waals surface area (Å²) < 4.78 is 1.80. The minimum Gasteiger partial charge on any atom is -0.229 e. The quantitative estimate of drug-likeness (QED) is 0.681. The Labute approximate surface area is 129 Å². The van der Waals surface area contributed by atoms with Crippen LogP contribution >= 0.6 is 11.6 Å². The van der Waals surface area contributed by atoms with Crippen LogP contribution in [0.3, 0.4) is 0 Å². The summed E-state index contributed by atoms with van der Waals surface area (Å²) in [5, 5.41) is 5.24. The van der Waals surface area contributed by atoms with Crippen molar-refractivity contribution in [3.63, 3.8) is 0 Å². The molecule has 0 bridgehead atoms. The number of benzene rings is 1. The highest BCUT2D eigenvalue weighted by Crippen LogP contribution is 2.28. The van der Waals surface area contributed by atoms with Crippen molar-refractivity contribution in [1.29, 1.82) is 0 Å². The molecule has 0 fully saturated rings. The van der Waals surface area contributed by atoms with Crippen LogP contribution < -0.4 is 0 Å². The van der Waals surface area contributed by atoms with Crippen LogP contribution in [-0.2, 0) is 0 Å². The van der Waals surface area contributed by atoms with E-state index in [1.54, 1.807) is 4.52 Å². The Bertz CT molecular complexity index is 801. The lowest BCUT2D eigenvalue weighted by atomic mass is 10.1. The third kappa shape index (κ3) is 2.42. The van der Waals surface area contributed by atoms with Gasteiger partial charge in [-0.05, 0) is 31.4 Å². The molecule has 2 aromatic heterocycles. The average molecular weight is 300 g/mol. The van der Waals surface area contributed by atoms with E-state index >= 15 is 0 Å². The van der Waals surface area contributed by atoms with E-state index in [2.05, 4.69) is 38.0 Å². The maximum Gasteiger partial charge on any atom is 0.180 e. The van der Waals surface area contributed by atoms with Crippen LogP contribution in [-0.4, -0.2) is 14.6 Å². The van der Waals surface area contributed by atoms with Gasteiger partial charge in [-0.1, -0.05) is 55.3 Å². The van der Waals surface area contributed by atoms with Crippen LogP contribution in [0.2, 0.25) is 5.15 Å². The highest BCUT2D eigenvalue weighted by Gasteiger charge is 2.16. The van der Waals surface area contributed by atoms with Gasteiger partial charge in [0, 0.05) is 5.56 Å². The molecule has 0 aliphatic rings. The molecule has 0 saturated carbocycles. The molecular weight excluding hydrogens is 282 g/mol. The molecule has 3 rings (SSSR count). The fraction of sp³-hybridized carbons (Fsp3) is 0.294. The molecule has 3 nitrogen and oxygen atoms in total. The van der Waals surface area contributed by atoms with Gasteiger partial charge in [0.2, 0.25) is 0 Å². The molecule has 0 radical (unpaired) electrons. The van der Waals surface area contributed by atoms with Gasteiger partial charge in [0.1, 0.15) is 5.15 Å². The molecule has 0 atom stereocenters. The summed E-state index contributed by atoms with van der Waals surface area (Å²) >= 11 is 6.31. The predicted octanol–water partition coefficient (Wildman–Crippen LogP) is 4.79. The lowest BCUT2D eigenvalue weighted by molar-refractivity contribution is 0.791. The first kappa shape index (κ1) is 14.1. The molecular formula is C17H18ClN3. The number of fused-ring (bicyclic) bond motifs is 1. The molecule has 4 heteroatoms. The third-order valence-electron chi connectivity index (χ3n) is 3.64. The SMILES string of the molecule is Cc1ccc(-c2nc(C(C)C)c3c(C)cc(Cl)n3n2)cc1. The molecule has 0 unspecified atom stereocenters. The monoisotopic (exact) mass is 299 g/mol. The molecule has 0 saturated heterocycles. The first-order chi connectivity index (χ1) is 9.97. The molecule has 108 valence electrons. The fourth-order valence-electron chi connectivity index (χ4n) is 2.50. The first-order valence-electron chi connectivity index (χ1n) is 7.10. The zero-order valence-corrected chi connectivity index (χ0v) is 13.4. The minimum atomic E-state index is 0.310. The van der Waals surface area contributed by atoms with Crippen molar-refractivity contribution in [3.8, 4) is 11.4 Å². The number of aryl methyl sites for hydroxylation is 2. The number of nitrogens with zero attached hydrogens (tertiary/aromatic N) is 3. The Morgan fingerprint density at radius 2 is 1.76 bits per heavy atom. The Morgan fingerprint density at radius 3 is 2.38 bits per heavy atom. The molecule has 3 aromatic rings. The van der Waals surface area contributed by atoms with Gasteiger partial charge in [0.25, 0.3) is 0 Å². The second kappa shape index (κ2) is 5.15. The zero-order chi connectivity index (χ0) is 15.1. The van der Waals surface area contributed by atoms with E-state index in [1.165, 1.54) is 5.56 Å². The van der Waals surface area contributed by atoms with E-state index in [0.717, 1.165) is 22.3 Å². The third-order valence-corrected chi connectivity index (χ3v) is 3.91. The van der Waals surface area contributed by atoms with Crippen molar-refractivity contribution < 1.29 is 0 Å². The Hall–Kier alpha value is -1.87. The maximum atomic E-state index is 6.31. The van der Waals surface area contributed by atoms with Gasteiger partial charge in [-0.3, -0.25) is 0 Å². The minimum absolute atomic E-state index is 0.310. The second-order valence-corrected chi connectivity index (χ2v) is 6.14. The van der Waals surface area contributed by atoms with Crippen LogP contribution in [0.1, 0.15) is 36.6 Å². The standard InChI is InChI=1S/C17H18ClN3/c1-10(2)15-16-12(4)9-14(18)21(16)20-17(19-15)13-7-5-11(3)6-8-13/h5-10H,1-4H3. The lowest BCUT2D eigenvalue weighted by Crippen LogP contribution is -2.05. The summed E-state index contributed by atoms with van der Waals surface area (Å²) in [6.07, 6.45) is 0. The van der Waals surface area contributed by atoms with Gasteiger partial charge in [0.05, 0.1) is 11.2 Å². The number of aromatic nitrogens is 3. The topological polar surface area (TPSA) is 30.2 Å². The largest absolute Gasteiger partial charge is 0.229 e. The maximum absolute atomic E-state index is 6.31. The van der Waals surface area contributed by atoms with Crippen molar-refractivity contribution >= 4 is 17.1 Å². The predicted molar refractivity (Wildman–Crippen MR) is 87.0 cm³/mol. The fourth-order valence-corrected chi connectivity index (χ4v) is 2.79. The van der Waals surface area contributed by atoms with Gasteiger partial charge < -0.3 is 0 Å². The van der Waals surface area contributed by atoms with E-state index in [9.17, 15) is 0 Å². The first-order valence-corrected chi connectivity index (χ1v) is 7.48. The van der Waals surface area contributed by atoms with Gasteiger partial charge in [-0.2, -0.15) is 0 Å². The molecule has 0 spiro atoms. The summed E-state index contributed by atoms with van der Waals surface area (Å²) in [5.74, 6) is 1.02. The van der Waals surface area contributed by atoms with Crippen LogP contribution in [0.25, 0.3) is 16.9 Å². The van der Waals surface area contributed by atoms with E-state index in [-0.39, 0.29) is 0 Å². The molecule has 0 aliphatic heterocycles. The highest BCUT2D eigenvalue weighted by atomic mass is 35.5. The summed E-state index contributed by atoms with van der Waals surface area (Å²) in [5.41, 5.74) is 5.39. The molecule has 0 N–H and O–H groups in total. The van der Waals surface area contributed by atoms with E-state index in [4.69, 9.17) is 16.6 Å². The molecule has 0 aliphatic carbocycles. The van der Waals surface area contributed by atoms with E-state index < -0.39 is 0 Å². The van der Waals surface area contributed by atoms with Crippen molar-refractivity contribution in [2.45, 2.75) is 33.6 Å². The van der Waals surface area contributed by atoms with Gasteiger partial charge in [-0.25, -0.2) is 9.50 Å². The zero-order valence-electron chi connectivity index (χ0n) is 12.7. The van der Waals surface area contributed by atoms with Crippen LogP contribution in [0.15, 0.2) is 30.3 Å². The van der Waals surface area contributed by atoms with Crippen molar-refractivity contribution in [1.82, 2.24) is 14.6 Å². The molecule has 0 amide bonds.